The number of para-hydroxylation sites is 2. The van der Waals surface area contributed by atoms with Gasteiger partial charge in [0.2, 0.25) is 5.95 Å². The van der Waals surface area contributed by atoms with Gasteiger partial charge in [0.1, 0.15) is 17.4 Å². The second kappa shape index (κ2) is 9.52. The van der Waals surface area contributed by atoms with Gasteiger partial charge in [-0.1, -0.05) is 23.7 Å². The van der Waals surface area contributed by atoms with Crippen LogP contribution in [0.4, 0.5) is 34.5 Å². The predicted octanol–water partition coefficient (Wildman–Crippen LogP) is 4.69. The molecule has 3 N–H and O–H groups in total. The van der Waals surface area contributed by atoms with Crippen LogP contribution in [-0.4, -0.2) is 53.8 Å². The van der Waals surface area contributed by atoms with Gasteiger partial charge in [-0.25, -0.2) is 4.98 Å². The average Bonchev–Trinajstić information content (AvgIpc) is 2.85. The minimum Gasteiger partial charge on any atom is -0.489 e. The summed E-state index contributed by atoms with van der Waals surface area (Å²) in [7, 11) is 0. The van der Waals surface area contributed by atoms with Gasteiger partial charge in [-0.3, -0.25) is 5.21 Å². The molecular weight excluding hydrogens is 464 g/mol. The fraction of sp³-hybridized carbons (Fsp3) is 0.273. The first-order chi connectivity index (χ1) is 16.1. The van der Waals surface area contributed by atoms with Gasteiger partial charge in [-0.15, -0.1) is 0 Å². The van der Waals surface area contributed by atoms with Crippen molar-refractivity contribution in [2.45, 2.75) is 6.04 Å². The molecule has 0 aliphatic carbocycles. The molecular formula is C22H23ClN6O3S. The smallest absolute Gasteiger partial charge is 0.229 e. The van der Waals surface area contributed by atoms with Crippen molar-refractivity contribution >= 4 is 58.1 Å². The van der Waals surface area contributed by atoms with Crippen molar-refractivity contribution in [3.63, 3.8) is 0 Å². The lowest BCUT2D eigenvalue weighted by Gasteiger charge is -2.41. The third-order valence-electron chi connectivity index (χ3n) is 5.46. The van der Waals surface area contributed by atoms with Crippen LogP contribution in [-0.2, 0) is 4.74 Å². The van der Waals surface area contributed by atoms with Gasteiger partial charge >= 0.3 is 0 Å². The first-order valence-corrected chi connectivity index (χ1v) is 12.0. The molecule has 2 aliphatic heterocycles. The first kappa shape index (κ1) is 21.9. The SMILES string of the molecule is CSN(O)c1ccccc1Nc1nc(Nc2ccc3c(c2)OCC2COCCN32)ncc1Cl. The van der Waals surface area contributed by atoms with Gasteiger partial charge < -0.3 is 25.0 Å². The summed E-state index contributed by atoms with van der Waals surface area (Å²) >= 11 is 7.52. The van der Waals surface area contributed by atoms with Crippen LogP contribution in [0.15, 0.2) is 48.7 Å². The van der Waals surface area contributed by atoms with Crippen LogP contribution >= 0.6 is 23.5 Å². The zero-order valence-corrected chi connectivity index (χ0v) is 19.4. The molecule has 11 heteroatoms. The van der Waals surface area contributed by atoms with Crippen molar-refractivity contribution in [1.29, 1.82) is 0 Å². The number of nitrogens with one attached hydrogen (secondary N) is 2. The molecule has 1 aromatic heterocycles. The van der Waals surface area contributed by atoms with Crippen molar-refractivity contribution in [2.75, 3.05) is 52.6 Å². The van der Waals surface area contributed by atoms with Gasteiger partial charge in [0, 0.05) is 24.6 Å². The highest BCUT2D eigenvalue weighted by Crippen LogP contribution is 2.38. The molecule has 3 aromatic rings. The van der Waals surface area contributed by atoms with E-state index in [0.717, 1.165) is 34.7 Å². The van der Waals surface area contributed by atoms with Gasteiger partial charge in [-0.05, 0) is 36.2 Å². The maximum Gasteiger partial charge on any atom is 0.229 e. The number of nitrogens with zero attached hydrogens (tertiary/aromatic N) is 4. The van der Waals surface area contributed by atoms with Crippen LogP contribution in [0, 0.1) is 0 Å². The Labute approximate surface area is 200 Å². The molecule has 0 bridgehead atoms. The van der Waals surface area contributed by atoms with Gasteiger partial charge in [0.05, 0.1) is 42.5 Å². The molecule has 5 rings (SSSR count). The van der Waals surface area contributed by atoms with Crippen molar-refractivity contribution in [1.82, 2.24) is 9.97 Å². The topological polar surface area (TPSA) is 95.0 Å². The zero-order valence-electron chi connectivity index (χ0n) is 17.9. The number of halogens is 1. The highest BCUT2D eigenvalue weighted by Gasteiger charge is 2.30. The summed E-state index contributed by atoms with van der Waals surface area (Å²) in [5.41, 5.74) is 3.11. The van der Waals surface area contributed by atoms with Gasteiger partial charge in [0.15, 0.2) is 5.82 Å². The molecule has 1 fully saturated rings. The molecule has 9 nitrogen and oxygen atoms in total. The van der Waals surface area contributed by atoms with Crippen LogP contribution in [0.1, 0.15) is 0 Å². The Morgan fingerprint density at radius 3 is 2.97 bits per heavy atom. The van der Waals surface area contributed by atoms with E-state index in [1.165, 1.54) is 18.1 Å². The van der Waals surface area contributed by atoms with Crippen molar-refractivity contribution in [2.24, 2.45) is 0 Å². The predicted molar refractivity (Wildman–Crippen MR) is 132 cm³/mol. The lowest BCUT2D eigenvalue weighted by atomic mass is 10.1. The second-order valence-electron chi connectivity index (χ2n) is 7.53. The van der Waals surface area contributed by atoms with Crippen molar-refractivity contribution in [3.05, 3.63) is 53.7 Å². The fourth-order valence-corrected chi connectivity index (χ4v) is 4.35. The Bertz CT molecular complexity index is 1150. The number of ether oxygens (including phenoxy) is 2. The van der Waals surface area contributed by atoms with E-state index in [0.29, 0.717) is 41.4 Å². The molecule has 1 saturated heterocycles. The number of hydrogen-bond acceptors (Lipinski definition) is 10. The summed E-state index contributed by atoms with van der Waals surface area (Å²) in [6.45, 7) is 2.85. The molecule has 1 atom stereocenters. The second-order valence-corrected chi connectivity index (χ2v) is 8.65. The molecule has 2 aromatic carbocycles. The van der Waals surface area contributed by atoms with E-state index in [-0.39, 0.29) is 6.04 Å². The van der Waals surface area contributed by atoms with E-state index >= 15 is 0 Å². The van der Waals surface area contributed by atoms with Crippen LogP contribution in [0.25, 0.3) is 0 Å². The quantitative estimate of drug-likeness (QED) is 0.336. The molecule has 2 aliphatic rings. The Morgan fingerprint density at radius 1 is 1.21 bits per heavy atom. The van der Waals surface area contributed by atoms with Crippen molar-refractivity contribution in [3.8, 4) is 5.75 Å². The Balaban J connectivity index is 1.36. The largest absolute Gasteiger partial charge is 0.489 e. The lowest BCUT2D eigenvalue weighted by molar-refractivity contribution is 0.0705. The number of aromatic nitrogens is 2. The van der Waals surface area contributed by atoms with Gasteiger partial charge in [0.25, 0.3) is 0 Å². The van der Waals surface area contributed by atoms with E-state index in [2.05, 4.69) is 25.5 Å². The summed E-state index contributed by atoms with van der Waals surface area (Å²) in [4.78, 5) is 11.2. The van der Waals surface area contributed by atoms with Crippen LogP contribution in [0.3, 0.4) is 0 Å². The summed E-state index contributed by atoms with van der Waals surface area (Å²) in [6.07, 6.45) is 3.30. The van der Waals surface area contributed by atoms with E-state index in [1.54, 1.807) is 12.3 Å². The highest BCUT2D eigenvalue weighted by molar-refractivity contribution is 7.99. The minimum atomic E-state index is 0.252. The summed E-state index contributed by atoms with van der Waals surface area (Å²) in [6, 6.07) is 13.5. The molecule has 0 radical (unpaired) electrons. The Hall–Kier alpha value is -2.92. The summed E-state index contributed by atoms with van der Waals surface area (Å²) in [5.74, 6) is 1.62. The number of hydrogen-bond donors (Lipinski definition) is 3. The number of anilines is 6. The third kappa shape index (κ3) is 4.60. The molecule has 33 heavy (non-hydrogen) atoms. The third-order valence-corrected chi connectivity index (χ3v) is 6.28. The van der Waals surface area contributed by atoms with E-state index in [9.17, 15) is 5.21 Å². The summed E-state index contributed by atoms with van der Waals surface area (Å²) in [5, 5.41) is 16.9. The number of morpholine rings is 1. The molecule has 172 valence electrons. The number of benzene rings is 2. The highest BCUT2D eigenvalue weighted by atomic mass is 35.5. The molecule has 3 heterocycles. The monoisotopic (exact) mass is 486 g/mol. The lowest BCUT2D eigenvalue weighted by Crippen LogP contribution is -2.51. The standard InChI is InChI=1S/C22H23ClN6O3S/c1-33-29(30)18-5-3-2-4-17(18)26-21-16(23)11-24-22(27-21)25-14-6-7-19-20(10-14)32-13-15-12-31-9-8-28(15)19/h2-7,10-11,15,30H,8-9,12-13H2,1H3,(H2,24,25,26,27). The van der Waals surface area contributed by atoms with Crippen LogP contribution < -0.4 is 24.7 Å². The van der Waals surface area contributed by atoms with E-state index in [1.807, 2.05) is 36.4 Å². The van der Waals surface area contributed by atoms with Gasteiger partial charge in [-0.2, -0.15) is 9.45 Å². The molecule has 0 saturated carbocycles. The zero-order chi connectivity index (χ0) is 22.8. The van der Waals surface area contributed by atoms with Crippen LogP contribution in [0.5, 0.6) is 5.75 Å². The Morgan fingerprint density at radius 2 is 2.09 bits per heavy atom. The number of fused-ring (bicyclic) bond motifs is 3. The van der Waals surface area contributed by atoms with E-state index < -0.39 is 0 Å². The summed E-state index contributed by atoms with van der Waals surface area (Å²) < 4.78 is 12.6. The Kier molecular flexibility index (Phi) is 6.32. The van der Waals surface area contributed by atoms with Crippen LogP contribution in [0.2, 0.25) is 5.02 Å². The fourth-order valence-electron chi connectivity index (χ4n) is 3.86. The maximum atomic E-state index is 10.1. The minimum absolute atomic E-state index is 0.252. The number of rotatable bonds is 6. The van der Waals surface area contributed by atoms with Crippen molar-refractivity contribution < 1.29 is 14.7 Å². The molecule has 0 amide bonds. The van der Waals surface area contributed by atoms with E-state index in [4.69, 9.17) is 21.1 Å². The first-order valence-electron chi connectivity index (χ1n) is 10.4. The molecule has 0 spiro atoms. The maximum absolute atomic E-state index is 10.1. The average molecular weight is 487 g/mol. The molecule has 1 unspecified atom stereocenters. The normalized spacial score (nSPS) is 16.9.